The molecule has 25 heavy (non-hydrogen) atoms. The number of anilines is 2. The van der Waals surface area contributed by atoms with E-state index in [2.05, 4.69) is 5.32 Å². The van der Waals surface area contributed by atoms with E-state index in [0.29, 0.717) is 0 Å². The smallest absolute Gasteiger partial charge is 0.294 e. The van der Waals surface area contributed by atoms with E-state index in [-0.39, 0.29) is 22.8 Å². The molecule has 2 aromatic rings. The fourth-order valence-corrected chi connectivity index (χ4v) is 2.52. The highest BCUT2D eigenvalue weighted by molar-refractivity contribution is 7.89. The van der Waals surface area contributed by atoms with Crippen LogP contribution in [-0.2, 0) is 10.0 Å². The summed E-state index contributed by atoms with van der Waals surface area (Å²) in [6.07, 6.45) is 0. The number of ether oxygens (including phenoxy) is 1. The molecular weight excluding hydrogens is 356 g/mol. The van der Waals surface area contributed by atoms with Crippen molar-refractivity contribution < 1.29 is 23.0 Å². The molecule has 12 heteroatoms. The van der Waals surface area contributed by atoms with Crippen LogP contribution in [0.1, 0.15) is 0 Å². The van der Waals surface area contributed by atoms with Gasteiger partial charge in [-0.1, -0.05) is 0 Å². The number of nitrogens with one attached hydrogen (secondary N) is 1. The molecule has 0 amide bonds. The van der Waals surface area contributed by atoms with Crippen molar-refractivity contribution in [2.75, 3.05) is 12.4 Å². The topological polar surface area (TPSA) is 168 Å². The molecule has 0 bridgehead atoms. The molecule has 11 nitrogen and oxygen atoms in total. The average molecular weight is 368 g/mol. The number of non-ortho nitro benzene ring substituents is 1. The molecule has 0 aliphatic carbocycles. The van der Waals surface area contributed by atoms with Gasteiger partial charge in [-0.3, -0.25) is 20.2 Å². The van der Waals surface area contributed by atoms with E-state index in [1.54, 1.807) is 0 Å². The first-order chi connectivity index (χ1) is 11.6. The third-order valence-corrected chi connectivity index (χ3v) is 4.07. The maximum absolute atomic E-state index is 11.3. The van der Waals surface area contributed by atoms with Crippen LogP contribution in [-0.4, -0.2) is 25.4 Å². The van der Waals surface area contributed by atoms with E-state index in [1.807, 2.05) is 0 Å². The molecule has 0 aliphatic heterocycles. The van der Waals surface area contributed by atoms with Gasteiger partial charge < -0.3 is 10.1 Å². The summed E-state index contributed by atoms with van der Waals surface area (Å²) in [7, 11) is -2.83. The Labute approximate surface area is 141 Å². The van der Waals surface area contributed by atoms with Gasteiger partial charge in [0.1, 0.15) is 11.4 Å². The van der Waals surface area contributed by atoms with Crippen LogP contribution < -0.4 is 15.2 Å². The van der Waals surface area contributed by atoms with Gasteiger partial charge in [-0.25, -0.2) is 13.6 Å². The monoisotopic (exact) mass is 368 g/mol. The molecule has 132 valence electrons. The Kier molecular flexibility index (Phi) is 4.85. The number of nitro groups is 2. The van der Waals surface area contributed by atoms with Gasteiger partial charge in [0.15, 0.2) is 0 Å². The van der Waals surface area contributed by atoms with Crippen LogP contribution in [0.3, 0.4) is 0 Å². The third-order valence-electron chi connectivity index (χ3n) is 3.16. The first-order valence-electron chi connectivity index (χ1n) is 6.54. The van der Waals surface area contributed by atoms with E-state index in [4.69, 9.17) is 9.88 Å². The number of nitrogens with two attached hydrogens (primary N) is 1. The summed E-state index contributed by atoms with van der Waals surface area (Å²) in [5, 5.41) is 29.6. The first-order valence-corrected chi connectivity index (χ1v) is 8.09. The molecule has 0 fully saturated rings. The van der Waals surface area contributed by atoms with Crippen LogP contribution in [0.25, 0.3) is 0 Å². The zero-order valence-electron chi connectivity index (χ0n) is 12.7. The van der Waals surface area contributed by atoms with Crippen molar-refractivity contribution in [3.63, 3.8) is 0 Å². The molecule has 0 saturated carbocycles. The average Bonchev–Trinajstić information content (AvgIpc) is 2.54. The quantitative estimate of drug-likeness (QED) is 0.575. The summed E-state index contributed by atoms with van der Waals surface area (Å²) in [5.41, 5.74) is -0.572. The molecule has 0 heterocycles. The molecule has 0 aromatic heterocycles. The molecule has 0 unspecified atom stereocenters. The zero-order valence-corrected chi connectivity index (χ0v) is 13.5. The molecule has 0 atom stereocenters. The lowest BCUT2D eigenvalue weighted by Gasteiger charge is -2.11. The Hall–Kier alpha value is -3.25. The number of nitro benzene ring substituents is 2. The number of rotatable bonds is 6. The third kappa shape index (κ3) is 3.99. The SMILES string of the molecule is COc1cc([N+](=O)[O-])ccc1Nc1ccc(S(N)(=O)=O)cc1[N+](=O)[O-]. The van der Waals surface area contributed by atoms with Crippen LogP contribution in [0.15, 0.2) is 41.3 Å². The maximum Gasteiger partial charge on any atom is 0.294 e. The Balaban J connectivity index is 2.50. The lowest BCUT2D eigenvalue weighted by molar-refractivity contribution is -0.384. The van der Waals surface area contributed by atoms with Gasteiger partial charge in [-0.15, -0.1) is 0 Å². The number of methoxy groups -OCH3 is 1. The summed E-state index contributed by atoms with van der Waals surface area (Å²) in [6, 6.07) is 6.73. The Morgan fingerprint density at radius 2 is 1.68 bits per heavy atom. The van der Waals surface area contributed by atoms with Crippen LogP contribution >= 0.6 is 0 Å². The lowest BCUT2D eigenvalue weighted by atomic mass is 10.2. The fraction of sp³-hybridized carbons (Fsp3) is 0.0769. The van der Waals surface area contributed by atoms with Crippen LogP contribution in [0.5, 0.6) is 5.75 Å². The lowest BCUT2D eigenvalue weighted by Crippen LogP contribution is -2.12. The number of benzene rings is 2. The van der Waals surface area contributed by atoms with Crippen molar-refractivity contribution in [2.24, 2.45) is 5.14 Å². The molecule has 0 saturated heterocycles. The second-order valence-electron chi connectivity index (χ2n) is 4.75. The molecule has 0 spiro atoms. The summed E-state index contributed by atoms with van der Waals surface area (Å²) >= 11 is 0. The Bertz CT molecular complexity index is 959. The minimum Gasteiger partial charge on any atom is -0.494 e. The van der Waals surface area contributed by atoms with Crippen LogP contribution in [0.2, 0.25) is 0 Å². The summed E-state index contributed by atoms with van der Waals surface area (Å²) in [6.45, 7) is 0. The van der Waals surface area contributed by atoms with Crippen molar-refractivity contribution in [3.8, 4) is 5.75 Å². The normalized spacial score (nSPS) is 11.0. The van der Waals surface area contributed by atoms with Gasteiger partial charge >= 0.3 is 0 Å². The van der Waals surface area contributed by atoms with Crippen molar-refractivity contribution in [1.82, 2.24) is 0 Å². The van der Waals surface area contributed by atoms with Gasteiger partial charge in [-0.05, 0) is 18.2 Å². The minimum absolute atomic E-state index is 0.0375. The Morgan fingerprint density at radius 3 is 2.20 bits per heavy atom. The van der Waals surface area contributed by atoms with E-state index in [9.17, 15) is 28.6 Å². The number of hydrogen-bond donors (Lipinski definition) is 2. The molecule has 3 N–H and O–H groups in total. The highest BCUT2D eigenvalue weighted by Gasteiger charge is 2.20. The van der Waals surface area contributed by atoms with Crippen molar-refractivity contribution >= 4 is 32.8 Å². The van der Waals surface area contributed by atoms with Crippen LogP contribution in [0.4, 0.5) is 22.7 Å². The number of sulfonamides is 1. The highest BCUT2D eigenvalue weighted by Crippen LogP contribution is 2.35. The van der Waals surface area contributed by atoms with E-state index in [1.165, 1.54) is 25.3 Å². The summed E-state index contributed by atoms with van der Waals surface area (Å²) in [5.74, 6) is 0.0824. The molecule has 0 radical (unpaired) electrons. The van der Waals surface area contributed by atoms with Crippen molar-refractivity contribution in [1.29, 1.82) is 0 Å². The Morgan fingerprint density at radius 1 is 1.04 bits per heavy atom. The number of nitrogens with zero attached hydrogens (tertiary/aromatic N) is 2. The summed E-state index contributed by atoms with van der Waals surface area (Å²) in [4.78, 5) is 20.2. The van der Waals surface area contributed by atoms with Crippen LogP contribution in [0, 0.1) is 20.2 Å². The predicted molar refractivity (Wildman–Crippen MR) is 87.4 cm³/mol. The van der Waals surface area contributed by atoms with Crippen molar-refractivity contribution in [3.05, 3.63) is 56.6 Å². The number of hydrogen-bond acceptors (Lipinski definition) is 8. The van der Waals surface area contributed by atoms with Gasteiger partial charge in [0.05, 0.1) is 33.6 Å². The van der Waals surface area contributed by atoms with E-state index >= 15 is 0 Å². The van der Waals surface area contributed by atoms with Gasteiger partial charge in [0.2, 0.25) is 10.0 Å². The van der Waals surface area contributed by atoms with Gasteiger partial charge in [0, 0.05) is 12.1 Å². The zero-order chi connectivity index (χ0) is 18.8. The van der Waals surface area contributed by atoms with E-state index in [0.717, 1.165) is 18.2 Å². The minimum atomic E-state index is -4.11. The highest BCUT2D eigenvalue weighted by atomic mass is 32.2. The maximum atomic E-state index is 11.3. The van der Waals surface area contributed by atoms with Gasteiger partial charge in [0.25, 0.3) is 11.4 Å². The first kappa shape index (κ1) is 18.1. The largest absolute Gasteiger partial charge is 0.494 e. The second kappa shape index (κ2) is 6.70. The molecular formula is C13H12N4O7S. The van der Waals surface area contributed by atoms with E-state index < -0.39 is 30.5 Å². The second-order valence-corrected chi connectivity index (χ2v) is 6.31. The summed E-state index contributed by atoms with van der Waals surface area (Å²) < 4.78 is 27.7. The standard InChI is InChI=1S/C13H12N4O7S/c1-24-13-6-8(16(18)19)2-4-11(13)15-10-5-3-9(25(14,22)23)7-12(10)17(20)21/h2-7,15H,1H3,(H2,14,22,23). The fourth-order valence-electron chi connectivity index (χ4n) is 1.99. The molecule has 2 rings (SSSR count). The molecule has 0 aliphatic rings. The van der Waals surface area contributed by atoms with Gasteiger partial charge in [-0.2, -0.15) is 0 Å². The van der Waals surface area contributed by atoms with Crippen molar-refractivity contribution in [2.45, 2.75) is 4.90 Å². The number of primary sulfonamides is 1. The molecule has 2 aromatic carbocycles. The predicted octanol–water partition coefficient (Wildman–Crippen LogP) is 1.90.